The summed E-state index contributed by atoms with van der Waals surface area (Å²) in [6, 6.07) is 0.381. The molecule has 3 rings (SSSR count). The summed E-state index contributed by atoms with van der Waals surface area (Å²) < 4.78 is 0.850. The number of hydrogen-bond donors (Lipinski definition) is 1. The molecule has 0 atom stereocenters. The maximum absolute atomic E-state index is 11.8. The molecule has 1 aromatic heterocycles. The van der Waals surface area contributed by atoms with E-state index in [-0.39, 0.29) is 17.9 Å². The maximum atomic E-state index is 11.8. The van der Waals surface area contributed by atoms with Crippen LogP contribution in [-0.4, -0.2) is 38.8 Å². The monoisotopic (exact) mass is 352 g/mol. The Labute approximate surface area is 131 Å². The van der Waals surface area contributed by atoms with E-state index in [1.165, 1.54) is 4.90 Å². The van der Waals surface area contributed by atoms with Crippen LogP contribution < -0.4 is 5.32 Å². The van der Waals surface area contributed by atoms with Gasteiger partial charge < -0.3 is 5.32 Å². The van der Waals surface area contributed by atoms with Gasteiger partial charge in [-0.15, -0.1) is 0 Å². The van der Waals surface area contributed by atoms with E-state index in [4.69, 9.17) is 0 Å². The number of nitrogens with one attached hydrogen (secondary N) is 1. The zero-order valence-electron chi connectivity index (χ0n) is 11.6. The second kappa shape index (κ2) is 6.09. The molecule has 6 nitrogen and oxygen atoms in total. The summed E-state index contributed by atoms with van der Waals surface area (Å²) in [5, 5.41) is 3.31. The summed E-state index contributed by atoms with van der Waals surface area (Å²) in [6.07, 6.45) is 7.72. The van der Waals surface area contributed by atoms with Gasteiger partial charge in [0, 0.05) is 37.3 Å². The van der Waals surface area contributed by atoms with E-state index in [1.807, 2.05) is 0 Å². The Hall–Kier alpha value is -1.50. The van der Waals surface area contributed by atoms with Crippen LogP contribution in [-0.2, 0) is 9.59 Å². The number of rotatable bonds is 3. The molecule has 2 heterocycles. The first-order valence-corrected chi connectivity index (χ1v) is 8.02. The molecule has 0 radical (unpaired) electrons. The number of carbonyl (C=O) groups is 2. The Bertz CT molecular complexity index is 524. The van der Waals surface area contributed by atoms with Gasteiger partial charge in [0.25, 0.3) is 0 Å². The molecule has 1 aliphatic heterocycles. The molecular weight excluding hydrogens is 336 g/mol. The molecule has 112 valence electrons. The minimum Gasteiger partial charge on any atom is -0.351 e. The van der Waals surface area contributed by atoms with Gasteiger partial charge in [-0.25, -0.2) is 9.97 Å². The van der Waals surface area contributed by atoms with Crippen molar-refractivity contribution in [2.75, 3.05) is 5.32 Å². The number of nitrogens with zero attached hydrogens (tertiary/aromatic N) is 3. The maximum Gasteiger partial charge on any atom is 0.229 e. The van der Waals surface area contributed by atoms with Crippen molar-refractivity contribution in [1.82, 2.24) is 14.9 Å². The number of carbonyl (C=O) groups excluding carboxylic acids is 2. The molecule has 0 unspecified atom stereocenters. The molecular formula is C14H17BrN4O2. The lowest BCUT2D eigenvalue weighted by Gasteiger charge is -2.33. The van der Waals surface area contributed by atoms with Crippen LogP contribution in [0.5, 0.6) is 0 Å². The third-order valence-electron chi connectivity index (χ3n) is 4.11. The quantitative estimate of drug-likeness (QED) is 0.843. The average molecular weight is 353 g/mol. The van der Waals surface area contributed by atoms with Gasteiger partial charge in [0.1, 0.15) is 0 Å². The van der Waals surface area contributed by atoms with Crippen molar-refractivity contribution in [1.29, 1.82) is 0 Å². The molecule has 1 saturated carbocycles. The lowest BCUT2D eigenvalue weighted by molar-refractivity contribution is -0.141. The van der Waals surface area contributed by atoms with E-state index in [2.05, 4.69) is 31.2 Å². The second-order valence-corrected chi connectivity index (χ2v) is 6.45. The van der Waals surface area contributed by atoms with Gasteiger partial charge >= 0.3 is 0 Å². The van der Waals surface area contributed by atoms with E-state index >= 15 is 0 Å². The smallest absolute Gasteiger partial charge is 0.229 e. The number of likely N-dealkylation sites (tertiary alicyclic amines) is 1. The van der Waals surface area contributed by atoms with Crippen molar-refractivity contribution in [3.63, 3.8) is 0 Å². The van der Waals surface area contributed by atoms with Gasteiger partial charge in [0.15, 0.2) is 0 Å². The lowest BCUT2D eigenvalue weighted by Crippen LogP contribution is -2.43. The second-order valence-electron chi connectivity index (χ2n) is 5.53. The van der Waals surface area contributed by atoms with Gasteiger partial charge in [-0.05, 0) is 41.6 Å². The van der Waals surface area contributed by atoms with Crippen molar-refractivity contribution in [2.45, 2.75) is 50.6 Å². The molecule has 1 N–H and O–H groups in total. The fourth-order valence-corrected chi connectivity index (χ4v) is 3.25. The highest BCUT2D eigenvalue weighted by atomic mass is 79.9. The van der Waals surface area contributed by atoms with Crippen LogP contribution in [0, 0.1) is 0 Å². The van der Waals surface area contributed by atoms with Crippen LogP contribution in [0.2, 0.25) is 0 Å². The third-order valence-corrected chi connectivity index (χ3v) is 4.52. The summed E-state index contributed by atoms with van der Waals surface area (Å²) in [5.74, 6) is 0.607. The Morgan fingerprint density at radius 3 is 2.19 bits per heavy atom. The van der Waals surface area contributed by atoms with Crippen molar-refractivity contribution in [2.24, 2.45) is 0 Å². The van der Waals surface area contributed by atoms with E-state index in [9.17, 15) is 9.59 Å². The van der Waals surface area contributed by atoms with Gasteiger partial charge in [0.2, 0.25) is 17.8 Å². The standard InChI is InChI=1S/C14H17BrN4O2/c15-9-7-16-14(17-8-9)18-10-1-3-11(4-2-10)19-12(20)5-6-13(19)21/h7-8,10-11H,1-6H2,(H,16,17,18). The number of anilines is 1. The summed E-state index contributed by atoms with van der Waals surface area (Å²) in [7, 11) is 0. The van der Waals surface area contributed by atoms with E-state index in [0.717, 1.165) is 30.2 Å². The van der Waals surface area contributed by atoms with Crippen molar-refractivity contribution < 1.29 is 9.59 Å². The van der Waals surface area contributed by atoms with E-state index in [1.54, 1.807) is 12.4 Å². The van der Waals surface area contributed by atoms with Crippen LogP contribution >= 0.6 is 15.9 Å². The summed E-state index contributed by atoms with van der Waals surface area (Å²) >= 11 is 3.31. The lowest BCUT2D eigenvalue weighted by atomic mass is 9.90. The highest BCUT2D eigenvalue weighted by Gasteiger charge is 2.36. The Kier molecular flexibility index (Phi) is 4.19. The fraction of sp³-hybridized carbons (Fsp3) is 0.571. The summed E-state index contributed by atoms with van der Waals surface area (Å²) in [5.41, 5.74) is 0. The van der Waals surface area contributed by atoms with E-state index < -0.39 is 0 Å². The first-order valence-electron chi connectivity index (χ1n) is 7.22. The molecule has 1 aromatic rings. The molecule has 0 aromatic carbocycles. The highest BCUT2D eigenvalue weighted by molar-refractivity contribution is 9.10. The Morgan fingerprint density at radius 2 is 1.62 bits per heavy atom. The minimum absolute atomic E-state index is 0.00680. The van der Waals surface area contributed by atoms with Crippen LogP contribution in [0.15, 0.2) is 16.9 Å². The molecule has 1 aliphatic carbocycles. The first kappa shape index (κ1) is 14.4. The molecule has 1 saturated heterocycles. The van der Waals surface area contributed by atoms with Crippen LogP contribution in [0.25, 0.3) is 0 Å². The van der Waals surface area contributed by atoms with Gasteiger partial charge in [-0.3, -0.25) is 14.5 Å². The first-order chi connectivity index (χ1) is 10.1. The molecule has 2 aliphatic rings. The molecule has 21 heavy (non-hydrogen) atoms. The SMILES string of the molecule is O=C1CCC(=O)N1C1CCC(Nc2ncc(Br)cn2)CC1. The van der Waals surface area contributed by atoms with Crippen LogP contribution in [0.1, 0.15) is 38.5 Å². The average Bonchev–Trinajstić information content (AvgIpc) is 2.82. The van der Waals surface area contributed by atoms with E-state index in [0.29, 0.717) is 24.8 Å². The zero-order valence-corrected chi connectivity index (χ0v) is 13.2. The summed E-state index contributed by atoms with van der Waals surface area (Å²) in [6.45, 7) is 0. The molecule has 7 heteroatoms. The van der Waals surface area contributed by atoms with Crippen LogP contribution in [0.3, 0.4) is 0 Å². The molecule has 2 fully saturated rings. The van der Waals surface area contributed by atoms with Crippen LogP contribution in [0.4, 0.5) is 5.95 Å². The number of amides is 2. The molecule has 0 bridgehead atoms. The number of aromatic nitrogens is 2. The van der Waals surface area contributed by atoms with Gasteiger partial charge in [0.05, 0.1) is 4.47 Å². The molecule has 0 spiro atoms. The van der Waals surface area contributed by atoms with Gasteiger partial charge in [-0.2, -0.15) is 0 Å². The predicted octanol–water partition coefficient (Wildman–Crippen LogP) is 2.11. The molecule has 2 amide bonds. The number of imide groups is 1. The number of hydrogen-bond acceptors (Lipinski definition) is 5. The number of halogens is 1. The topological polar surface area (TPSA) is 75.2 Å². The zero-order chi connectivity index (χ0) is 14.8. The predicted molar refractivity (Wildman–Crippen MR) is 80.5 cm³/mol. The normalized spacial score (nSPS) is 26.2. The van der Waals surface area contributed by atoms with Gasteiger partial charge in [-0.1, -0.05) is 0 Å². The summed E-state index contributed by atoms with van der Waals surface area (Å²) in [4.78, 5) is 33.4. The Morgan fingerprint density at radius 1 is 1.05 bits per heavy atom. The van der Waals surface area contributed by atoms with Crippen molar-refractivity contribution in [3.05, 3.63) is 16.9 Å². The fourth-order valence-electron chi connectivity index (χ4n) is 3.05. The highest BCUT2D eigenvalue weighted by Crippen LogP contribution is 2.28. The largest absolute Gasteiger partial charge is 0.351 e. The Balaban J connectivity index is 1.54. The van der Waals surface area contributed by atoms with Crippen molar-refractivity contribution >= 4 is 33.7 Å². The van der Waals surface area contributed by atoms with Crippen molar-refractivity contribution in [3.8, 4) is 0 Å². The minimum atomic E-state index is -0.00680. The third kappa shape index (κ3) is 3.23.